The molecule has 0 bridgehead atoms. The number of unbranched alkanes of at least 4 members (excludes halogenated alkanes) is 35. The maximum atomic E-state index is 12.2. The summed E-state index contributed by atoms with van der Waals surface area (Å²) >= 11 is 0. The third kappa shape index (κ3) is 67.0. The van der Waals surface area contributed by atoms with E-state index in [2.05, 4.69) is 67.0 Å². The fourth-order valence-corrected chi connectivity index (χ4v) is 10.2. The molecule has 0 fully saturated rings. The number of allylic oxidation sites excluding steroid dienone is 6. The summed E-state index contributed by atoms with van der Waals surface area (Å²) in [4.78, 5) is 20.5. The van der Waals surface area contributed by atoms with Crippen molar-refractivity contribution in [1.82, 2.24) is 19.6 Å². The van der Waals surface area contributed by atoms with Gasteiger partial charge in [-0.2, -0.15) is 0 Å². The molecule has 0 heterocycles. The Morgan fingerprint density at radius 3 is 0.852 bits per heavy atom. The molecular formula is C66H128B4N4O7. The molecule has 466 valence electrons. The van der Waals surface area contributed by atoms with Gasteiger partial charge < -0.3 is 0 Å². The standard InChI is InChI=1S/C42H80B2N2O4.C24H48B2N2O3/c1-3-5-7-9-11-13-15-17-19-21-23-25-27-29-31-33-35-45(40-43-48)36-37-46(41-44-49)38-39-50-42(47)34-32-30-28-26-24-22-20-18-16-14-12-10-8-6-4-2;1-2-3-4-5-6-7-8-9-10-11-12-13-14-15-16-17-18-27(23-25-30)19-20-28(21-22-29)24-26-31/h17-20H,3-16,21-41H2,1-2H3;9-10,29H,2-8,11-24H2,1H3/b19-17-,20-18-;10-9-. The van der Waals surface area contributed by atoms with Crippen LogP contribution in [-0.4, -0.2) is 151 Å². The van der Waals surface area contributed by atoms with E-state index in [1.807, 2.05) is 9.80 Å². The molecule has 0 radical (unpaired) electrons. The molecule has 0 aromatic rings. The minimum Gasteiger partial charge on any atom is -0.0885 e. The van der Waals surface area contributed by atoms with Crippen LogP contribution in [0.2, 0.25) is 0 Å². The van der Waals surface area contributed by atoms with Crippen molar-refractivity contribution in [3.8, 4) is 0 Å². The predicted molar refractivity (Wildman–Crippen MR) is 348 cm³/mol. The molecule has 0 spiro atoms. The number of aliphatic hydroxyl groups excluding tert-OH is 1. The summed E-state index contributed by atoms with van der Waals surface area (Å²) in [5, 5.41) is 9.06. The van der Waals surface area contributed by atoms with E-state index in [0.717, 1.165) is 80.5 Å². The normalized spacial score (nSPS) is 11.6. The average molecular weight is 1130 g/mol. The van der Waals surface area contributed by atoms with Crippen LogP contribution < -0.4 is 0 Å². The fraction of sp³-hybridized carbons (Fsp3) is 0.894. The van der Waals surface area contributed by atoms with Gasteiger partial charge in [0, 0.05) is 0 Å². The van der Waals surface area contributed by atoms with Crippen LogP contribution >= 0.6 is 0 Å². The number of carbonyl (C=O) groups is 1. The first-order valence-electron chi connectivity index (χ1n) is 34.3. The third-order valence-corrected chi connectivity index (χ3v) is 15.5. The van der Waals surface area contributed by atoms with Crippen molar-refractivity contribution < 1.29 is 33.5 Å². The van der Waals surface area contributed by atoms with Gasteiger partial charge in [-0.15, -0.1) is 0 Å². The second kappa shape index (κ2) is 72.2. The quantitative estimate of drug-likeness (QED) is 0.0271. The summed E-state index contributed by atoms with van der Waals surface area (Å²) in [5.41, 5.74) is 0. The average Bonchev–Trinajstić information content (AvgIpc) is 3.46. The van der Waals surface area contributed by atoms with Crippen molar-refractivity contribution in [2.45, 2.75) is 290 Å². The molecule has 0 rings (SSSR count). The SMILES string of the molecule is CCCCCCCC/C=C\CCCCCCCCN(CB=O)CCN(CB=O)CCO.CCCCCCCC/C=C\CCCCCCCCN(CB=O)CCN(CB=O)CCOC(=O)CCCCCCC/C=C\CCCCCCCC. The van der Waals surface area contributed by atoms with Crippen LogP contribution in [0.1, 0.15) is 290 Å². The smallest absolute Gasteiger partial charge is 0.0885 e. The summed E-state index contributed by atoms with van der Waals surface area (Å²) in [7, 11) is 3.70. The Hall–Kier alpha value is -2.05. The topological polar surface area (TPSA) is 128 Å². The number of rotatable bonds is 66. The summed E-state index contributed by atoms with van der Waals surface area (Å²) in [6, 6.07) is 0. The summed E-state index contributed by atoms with van der Waals surface area (Å²) in [6.45, 7) is 12.9. The van der Waals surface area contributed by atoms with Crippen molar-refractivity contribution >= 4 is 34.6 Å². The number of nitrogens with zero attached hydrogens (tertiary/aromatic N) is 4. The van der Waals surface area contributed by atoms with Crippen LogP contribution in [0.25, 0.3) is 0 Å². The molecule has 1 N–H and O–H groups in total. The molecule has 15 heteroatoms. The van der Waals surface area contributed by atoms with E-state index in [9.17, 15) is 23.6 Å². The number of esters is 1. The van der Waals surface area contributed by atoms with Gasteiger partial charge in [-0.25, -0.2) is 0 Å². The molecule has 0 aromatic carbocycles. The van der Waals surface area contributed by atoms with E-state index >= 15 is 0 Å². The van der Waals surface area contributed by atoms with E-state index in [0.29, 0.717) is 65.0 Å². The summed E-state index contributed by atoms with van der Waals surface area (Å²) in [6.07, 6.45) is 68.5. The Morgan fingerprint density at radius 2 is 0.568 bits per heavy atom. The Labute approximate surface area is 503 Å². The van der Waals surface area contributed by atoms with Crippen LogP contribution in [0.15, 0.2) is 36.5 Å². The molecule has 0 aliphatic rings. The first kappa shape index (κ1) is 81.0. The monoisotopic (exact) mass is 1130 g/mol. The molecule has 0 aromatic heterocycles. The van der Waals surface area contributed by atoms with Gasteiger partial charge in [0.15, 0.2) is 0 Å². The summed E-state index contributed by atoms with van der Waals surface area (Å²) < 4.78 is 49.6. The van der Waals surface area contributed by atoms with E-state index in [1.165, 1.54) is 238 Å². The number of aliphatic hydroxyl groups is 1. The Kier molecular flexibility index (Phi) is 72.2. The second-order valence-corrected chi connectivity index (χ2v) is 23.0. The fourth-order valence-electron chi connectivity index (χ4n) is 10.2. The van der Waals surface area contributed by atoms with E-state index in [4.69, 9.17) is 9.84 Å². The molecular weight excluding hydrogens is 1000 g/mol. The van der Waals surface area contributed by atoms with Crippen LogP contribution in [0.4, 0.5) is 0 Å². The number of hydrogen-bond donors (Lipinski definition) is 1. The van der Waals surface area contributed by atoms with E-state index in [1.54, 1.807) is 0 Å². The third-order valence-electron chi connectivity index (χ3n) is 15.5. The zero-order chi connectivity index (χ0) is 59.3. The molecule has 0 atom stereocenters. The molecule has 0 saturated carbocycles. The molecule has 0 aliphatic heterocycles. The summed E-state index contributed by atoms with van der Waals surface area (Å²) in [5.74, 6) is -0.142. The maximum absolute atomic E-state index is 12.2. The minimum absolute atomic E-state index is 0.0520. The Bertz CT molecular complexity index is 1420. The molecule has 0 saturated heterocycles. The molecule has 11 nitrogen and oxygen atoms in total. The number of carbonyl (C=O) groups excluding carboxylic acids is 1. The van der Waals surface area contributed by atoms with Crippen molar-refractivity contribution in [3.05, 3.63) is 36.5 Å². The Morgan fingerprint density at radius 1 is 0.321 bits per heavy atom. The van der Waals surface area contributed by atoms with Gasteiger partial charge >= 0.3 is 332 Å². The van der Waals surface area contributed by atoms with Crippen LogP contribution in [-0.2, 0) is 28.4 Å². The van der Waals surface area contributed by atoms with Gasteiger partial charge in [0.2, 0.25) is 0 Å². The van der Waals surface area contributed by atoms with Crippen LogP contribution in [0.5, 0.6) is 0 Å². The van der Waals surface area contributed by atoms with Crippen molar-refractivity contribution in [2.75, 3.05) is 91.3 Å². The van der Waals surface area contributed by atoms with E-state index < -0.39 is 0 Å². The minimum atomic E-state index is -0.142. The second-order valence-electron chi connectivity index (χ2n) is 23.0. The van der Waals surface area contributed by atoms with Gasteiger partial charge in [0.25, 0.3) is 0 Å². The molecule has 0 amide bonds. The van der Waals surface area contributed by atoms with Gasteiger partial charge in [0.1, 0.15) is 0 Å². The molecule has 0 unspecified atom stereocenters. The molecule has 81 heavy (non-hydrogen) atoms. The zero-order valence-corrected chi connectivity index (χ0v) is 53.6. The van der Waals surface area contributed by atoms with Crippen molar-refractivity contribution in [1.29, 1.82) is 0 Å². The Balaban J connectivity index is 0. The van der Waals surface area contributed by atoms with Gasteiger partial charge in [-0.1, -0.05) is 129 Å². The van der Waals surface area contributed by atoms with Gasteiger partial charge in [-0.05, 0) is 44.9 Å². The van der Waals surface area contributed by atoms with E-state index in [-0.39, 0.29) is 12.6 Å². The van der Waals surface area contributed by atoms with Gasteiger partial charge in [-0.3, -0.25) is 0 Å². The van der Waals surface area contributed by atoms with Crippen LogP contribution in [0, 0.1) is 0 Å². The molecule has 0 aliphatic carbocycles. The van der Waals surface area contributed by atoms with Crippen molar-refractivity contribution in [2.24, 2.45) is 0 Å². The van der Waals surface area contributed by atoms with Crippen LogP contribution in [0.3, 0.4) is 0 Å². The van der Waals surface area contributed by atoms with Crippen molar-refractivity contribution in [3.63, 3.8) is 0 Å². The van der Waals surface area contributed by atoms with Gasteiger partial charge in [0.05, 0.1) is 0 Å². The zero-order valence-electron chi connectivity index (χ0n) is 53.6. The first-order chi connectivity index (χ1) is 39.9. The number of ether oxygens (including phenoxy) is 1. The predicted octanol–water partition coefficient (Wildman–Crippen LogP) is 15.9. The first-order valence-corrected chi connectivity index (χ1v) is 34.3. The number of hydrogen-bond acceptors (Lipinski definition) is 11.